The molecule has 1 fully saturated rings. The van der Waals surface area contributed by atoms with Crippen molar-refractivity contribution in [2.24, 2.45) is 0 Å². The average molecular weight is 150 g/mol. The molecule has 5 heteroatoms. The topological polar surface area (TPSA) is 55.3 Å². The van der Waals surface area contributed by atoms with Crippen LogP contribution in [0.5, 0.6) is 0 Å². The summed E-state index contributed by atoms with van der Waals surface area (Å²) in [5.41, 5.74) is 0. The van der Waals surface area contributed by atoms with Crippen LogP contribution in [-0.2, 0) is 4.74 Å². The van der Waals surface area contributed by atoms with Crippen LogP contribution in [0.4, 0.5) is 0 Å². The van der Waals surface area contributed by atoms with Crippen LogP contribution >= 0.6 is 0 Å². The van der Waals surface area contributed by atoms with Crippen molar-refractivity contribution >= 4 is 0 Å². The van der Waals surface area contributed by atoms with Gasteiger partial charge in [0.15, 0.2) is 0 Å². The standard InChI is InChI=1S/C4H8O.2Na.O2/c1-2-4-5-3-1;;;1-2/h1-4H2;;;/q;2*+1;-2. The molecule has 0 spiro atoms. The van der Waals surface area contributed by atoms with E-state index in [-0.39, 0.29) is 59.1 Å². The Balaban J connectivity index is -0.0000000836. The van der Waals surface area contributed by atoms with Crippen LogP contribution in [0.3, 0.4) is 0 Å². The van der Waals surface area contributed by atoms with Crippen molar-refractivity contribution in [1.82, 2.24) is 0 Å². The molecule has 1 aliphatic heterocycles. The predicted molar refractivity (Wildman–Crippen MR) is 20.1 cm³/mol. The number of hydrogen-bond donors (Lipinski definition) is 0. The molecule has 0 bridgehead atoms. The van der Waals surface area contributed by atoms with Gasteiger partial charge < -0.3 is 15.3 Å². The van der Waals surface area contributed by atoms with Crippen LogP contribution in [0.15, 0.2) is 0 Å². The largest absolute Gasteiger partial charge is 1.00 e. The number of ether oxygens (including phenoxy) is 1. The molecule has 44 valence electrons. The Morgan fingerprint density at radius 3 is 1.33 bits per heavy atom. The van der Waals surface area contributed by atoms with E-state index >= 15 is 0 Å². The average Bonchev–Trinajstić information content (AvgIpc) is 2.23. The molecule has 3 nitrogen and oxygen atoms in total. The van der Waals surface area contributed by atoms with E-state index in [4.69, 9.17) is 15.3 Å². The summed E-state index contributed by atoms with van der Waals surface area (Å²) in [5, 5.41) is 14.0. The Bertz CT molecular complexity index is 25.4. The molecule has 0 aromatic heterocycles. The molecule has 0 atom stereocenters. The van der Waals surface area contributed by atoms with Crippen molar-refractivity contribution in [2.45, 2.75) is 12.8 Å². The Morgan fingerprint density at radius 2 is 1.22 bits per heavy atom. The molecule has 0 saturated carbocycles. The van der Waals surface area contributed by atoms with E-state index in [0.717, 1.165) is 13.2 Å². The molecule has 0 unspecified atom stereocenters. The second-order valence-corrected chi connectivity index (χ2v) is 1.32. The third-order valence-electron chi connectivity index (χ3n) is 0.827. The van der Waals surface area contributed by atoms with E-state index in [1.807, 2.05) is 0 Å². The quantitative estimate of drug-likeness (QED) is 0.196. The first-order chi connectivity index (χ1) is 3.50. The van der Waals surface area contributed by atoms with Crippen LogP contribution < -0.4 is 69.6 Å². The fraction of sp³-hybridized carbons (Fsp3) is 1.00. The normalized spacial score (nSPS) is 14.0. The first kappa shape index (κ1) is 17.1. The minimum Gasteiger partial charge on any atom is -1.00 e. The molecule has 1 heterocycles. The molecule has 9 heavy (non-hydrogen) atoms. The zero-order chi connectivity index (χ0) is 5.54. The molecule has 1 rings (SSSR count). The van der Waals surface area contributed by atoms with Gasteiger partial charge in [0.1, 0.15) is 0 Å². The van der Waals surface area contributed by atoms with Crippen molar-refractivity contribution in [1.29, 1.82) is 0 Å². The summed E-state index contributed by atoms with van der Waals surface area (Å²) in [6, 6.07) is 0. The monoisotopic (exact) mass is 150 g/mol. The summed E-state index contributed by atoms with van der Waals surface area (Å²) in [6.45, 7) is 2.00. The Hall–Kier alpha value is 1.88. The van der Waals surface area contributed by atoms with E-state index in [1.54, 1.807) is 0 Å². The minimum absolute atomic E-state index is 0. The van der Waals surface area contributed by atoms with Crippen LogP contribution in [-0.4, -0.2) is 13.2 Å². The van der Waals surface area contributed by atoms with Gasteiger partial charge in [-0.3, -0.25) is 0 Å². The first-order valence-corrected chi connectivity index (χ1v) is 2.24. The maximum atomic E-state index is 7.00. The molecular formula is C4H8Na2O3. The van der Waals surface area contributed by atoms with Crippen molar-refractivity contribution in [2.75, 3.05) is 13.2 Å². The molecule has 1 saturated heterocycles. The van der Waals surface area contributed by atoms with Gasteiger partial charge in [-0.2, -0.15) is 0 Å². The maximum absolute atomic E-state index is 7.00. The van der Waals surface area contributed by atoms with Crippen molar-refractivity contribution < 1.29 is 74.4 Å². The van der Waals surface area contributed by atoms with E-state index < -0.39 is 0 Å². The fourth-order valence-corrected chi connectivity index (χ4v) is 0.510. The molecule has 1 aliphatic rings. The second-order valence-electron chi connectivity index (χ2n) is 1.32. The number of rotatable bonds is 0. The van der Waals surface area contributed by atoms with Gasteiger partial charge in [0.2, 0.25) is 0 Å². The van der Waals surface area contributed by atoms with Gasteiger partial charge in [-0.25, -0.2) is 0 Å². The van der Waals surface area contributed by atoms with Gasteiger partial charge in [0, 0.05) is 13.2 Å². The third-order valence-corrected chi connectivity index (χ3v) is 0.827. The van der Waals surface area contributed by atoms with Gasteiger partial charge in [-0.15, -0.1) is 0 Å². The summed E-state index contributed by atoms with van der Waals surface area (Å²) in [7, 11) is 0. The maximum Gasteiger partial charge on any atom is 1.00 e. The zero-order valence-corrected chi connectivity index (χ0v) is 10.1. The van der Waals surface area contributed by atoms with Crippen LogP contribution in [0.1, 0.15) is 12.8 Å². The second kappa shape index (κ2) is 16.5. The molecule has 0 radical (unpaired) electrons. The Morgan fingerprint density at radius 1 is 0.889 bits per heavy atom. The van der Waals surface area contributed by atoms with Crippen molar-refractivity contribution in [3.05, 3.63) is 0 Å². The SMILES string of the molecule is C1CCOC1.[Na+].[Na+].[O-][O-]. The summed E-state index contributed by atoms with van der Waals surface area (Å²) >= 11 is 0. The Kier molecular flexibility index (Phi) is 31.3. The molecule has 0 aromatic rings. The van der Waals surface area contributed by atoms with E-state index in [0.29, 0.717) is 0 Å². The van der Waals surface area contributed by atoms with E-state index in [2.05, 4.69) is 0 Å². The van der Waals surface area contributed by atoms with Gasteiger partial charge >= 0.3 is 59.1 Å². The van der Waals surface area contributed by atoms with Crippen LogP contribution in [0.25, 0.3) is 0 Å². The first-order valence-electron chi connectivity index (χ1n) is 2.24. The van der Waals surface area contributed by atoms with Crippen molar-refractivity contribution in [3.8, 4) is 0 Å². The van der Waals surface area contributed by atoms with Crippen LogP contribution in [0.2, 0.25) is 0 Å². The minimum atomic E-state index is 0. The summed E-state index contributed by atoms with van der Waals surface area (Å²) in [4.78, 5) is 0. The summed E-state index contributed by atoms with van der Waals surface area (Å²) in [6.07, 6.45) is 2.56. The van der Waals surface area contributed by atoms with Gasteiger partial charge in [0.05, 0.1) is 0 Å². The van der Waals surface area contributed by atoms with Gasteiger partial charge in [0.25, 0.3) is 0 Å². The van der Waals surface area contributed by atoms with E-state index in [9.17, 15) is 0 Å². The molecule has 0 N–H and O–H groups in total. The third kappa shape index (κ3) is 13.0. The van der Waals surface area contributed by atoms with Gasteiger partial charge in [-0.05, 0) is 12.8 Å². The predicted octanol–water partition coefficient (Wildman–Crippen LogP) is -7.57. The Labute approximate surface area is 99.3 Å². The number of hydrogen-bond acceptors (Lipinski definition) is 3. The summed E-state index contributed by atoms with van der Waals surface area (Å²) in [5.74, 6) is 0. The fourth-order valence-electron chi connectivity index (χ4n) is 0.510. The zero-order valence-electron chi connectivity index (χ0n) is 6.05. The molecular weight excluding hydrogens is 142 g/mol. The van der Waals surface area contributed by atoms with Gasteiger partial charge in [-0.1, -0.05) is 0 Å². The molecule has 0 amide bonds. The molecule has 0 aromatic carbocycles. The molecule has 0 aliphatic carbocycles. The summed E-state index contributed by atoms with van der Waals surface area (Å²) < 4.78 is 4.94. The van der Waals surface area contributed by atoms with E-state index in [1.165, 1.54) is 12.8 Å². The smallest absolute Gasteiger partial charge is 1.00 e. The van der Waals surface area contributed by atoms with Crippen molar-refractivity contribution in [3.63, 3.8) is 0 Å². The van der Waals surface area contributed by atoms with Crippen LogP contribution in [0, 0.1) is 0 Å².